The molecule has 0 heterocycles. The Kier molecular flexibility index (Phi) is 3.27. The van der Waals surface area contributed by atoms with Crippen molar-refractivity contribution in [1.82, 2.24) is 10.6 Å². The molecule has 0 amide bonds. The Hall–Kier alpha value is 0.500. The second kappa shape index (κ2) is 3.70. The first-order chi connectivity index (χ1) is 5.58. The highest BCUT2D eigenvalue weighted by atomic mass is 35.5. The van der Waals surface area contributed by atoms with E-state index < -0.39 is 0 Å². The van der Waals surface area contributed by atoms with Gasteiger partial charge in [0.05, 0.1) is 9.75 Å². The molecule has 0 aromatic rings. The van der Waals surface area contributed by atoms with Gasteiger partial charge in [0.2, 0.25) is 0 Å². The van der Waals surface area contributed by atoms with E-state index in [-0.39, 0.29) is 9.75 Å². The van der Waals surface area contributed by atoms with Gasteiger partial charge in [0.15, 0.2) is 0 Å². The van der Waals surface area contributed by atoms with Crippen molar-refractivity contribution < 1.29 is 0 Å². The quantitative estimate of drug-likeness (QED) is 0.682. The fraction of sp³-hybridized carbons (Fsp3) is 1.00. The minimum absolute atomic E-state index is 0.258. The van der Waals surface area contributed by atoms with Crippen molar-refractivity contribution in [3.63, 3.8) is 0 Å². The topological polar surface area (TPSA) is 24.1 Å². The molecule has 1 aliphatic rings. The Morgan fingerprint density at radius 2 is 1.33 bits per heavy atom. The molecule has 1 aliphatic carbocycles. The zero-order valence-corrected chi connectivity index (χ0v) is 9.10. The minimum Gasteiger partial charge on any atom is -0.318 e. The van der Waals surface area contributed by atoms with E-state index in [0.717, 1.165) is 25.9 Å². The first-order valence-electron chi connectivity index (χ1n) is 4.25. The average Bonchev–Trinajstić information content (AvgIpc) is 2.03. The molecular formula is C8H16Cl2N2. The summed E-state index contributed by atoms with van der Waals surface area (Å²) in [5.41, 5.74) is 0. The largest absolute Gasteiger partial charge is 0.318 e. The lowest BCUT2D eigenvalue weighted by Gasteiger charge is -2.52. The molecule has 0 bridgehead atoms. The number of hydrogen-bond donors (Lipinski definition) is 2. The van der Waals surface area contributed by atoms with Crippen molar-refractivity contribution in [3.05, 3.63) is 0 Å². The Morgan fingerprint density at radius 3 is 1.50 bits per heavy atom. The molecule has 1 saturated carbocycles. The third kappa shape index (κ3) is 1.58. The fourth-order valence-corrected chi connectivity index (χ4v) is 2.50. The van der Waals surface area contributed by atoms with Gasteiger partial charge in [0, 0.05) is 13.1 Å². The Bertz CT molecular complexity index is 147. The summed E-state index contributed by atoms with van der Waals surface area (Å²) >= 11 is 12.7. The molecule has 2 atom stereocenters. The van der Waals surface area contributed by atoms with E-state index in [9.17, 15) is 0 Å². The van der Waals surface area contributed by atoms with Crippen LogP contribution in [0.5, 0.6) is 0 Å². The van der Waals surface area contributed by atoms with E-state index in [0.29, 0.717) is 0 Å². The van der Waals surface area contributed by atoms with Gasteiger partial charge < -0.3 is 10.6 Å². The molecule has 72 valence electrons. The molecule has 0 radical (unpaired) electrons. The molecule has 2 unspecified atom stereocenters. The maximum absolute atomic E-state index is 6.36. The lowest BCUT2D eigenvalue weighted by molar-refractivity contribution is 0.234. The standard InChI is InChI=1S/C8H16Cl2N2/c1-11-5-7(9)3-4-8(7,10)6-12-2/h11-12H,3-6H2,1-2H3. The molecule has 12 heavy (non-hydrogen) atoms. The summed E-state index contributed by atoms with van der Waals surface area (Å²) in [5.74, 6) is 0. The van der Waals surface area contributed by atoms with Crippen LogP contribution >= 0.6 is 23.2 Å². The summed E-state index contributed by atoms with van der Waals surface area (Å²) < 4.78 is 0. The molecule has 4 heteroatoms. The van der Waals surface area contributed by atoms with Crippen molar-refractivity contribution in [2.75, 3.05) is 27.2 Å². The van der Waals surface area contributed by atoms with Crippen LogP contribution in [0.3, 0.4) is 0 Å². The van der Waals surface area contributed by atoms with Crippen LogP contribution < -0.4 is 10.6 Å². The first-order valence-corrected chi connectivity index (χ1v) is 5.01. The number of rotatable bonds is 4. The van der Waals surface area contributed by atoms with Crippen molar-refractivity contribution in [1.29, 1.82) is 0 Å². The van der Waals surface area contributed by atoms with E-state index in [1.807, 2.05) is 14.1 Å². The molecule has 2 nitrogen and oxygen atoms in total. The Balaban J connectivity index is 2.55. The van der Waals surface area contributed by atoms with Gasteiger partial charge in [-0.15, -0.1) is 23.2 Å². The van der Waals surface area contributed by atoms with Crippen molar-refractivity contribution >= 4 is 23.2 Å². The maximum Gasteiger partial charge on any atom is 0.0774 e. The highest BCUT2D eigenvalue weighted by Gasteiger charge is 2.56. The molecule has 0 aliphatic heterocycles. The monoisotopic (exact) mass is 210 g/mol. The summed E-state index contributed by atoms with van der Waals surface area (Å²) in [4.78, 5) is -0.515. The molecule has 0 saturated heterocycles. The molecule has 1 fully saturated rings. The van der Waals surface area contributed by atoms with Crippen LogP contribution in [0.2, 0.25) is 0 Å². The molecular weight excluding hydrogens is 195 g/mol. The normalized spacial score (nSPS) is 41.0. The van der Waals surface area contributed by atoms with Crippen molar-refractivity contribution in [2.45, 2.75) is 22.6 Å². The summed E-state index contributed by atoms with van der Waals surface area (Å²) in [7, 11) is 3.80. The molecule has 2 N–H and O–H groups in total. The van der Waals surface area contributed by atoms with E-state index in [1.54, 1.807) is 0 Å². The van der Waals surface area contributed by atoms with Crippen LogP contribution in [0.4, 0.5) is 0 Å². The van der Waals surface area contributed by atoms with E-state index in [1.165, 1.54) is 0 Å². The molecule has 0 spiro atoms. The first kappa shape index (κ1) is 10.6. The maximum atomic E-state index is 6.36. The van der Waals surface area contributed by atoms with E-state index >= 15 is 0 Å². The van der Waals surface area contributed by atoms with Crippen LogP contribution in [0.15, 0.2) is 0 Å². The number of nitrogens with one attached hydrogen (secondary N) is 2. The summed E-state index contributed by atoms with van der Waals surface area (Å²) in [5, 5.41) is 6.16. The zero-order chi connectivity index (χ0) is 9.24. The zero-order valence-electron chi connectivity index (χ0n) is 7.58. The molecule has 0 aromatic heterocycles. The van der Waals surface area contributed by atoms with Crippen molar-refractivity contribution in [3.8, 4) is 0 Å². The van der Waals surface area contributed by atoms with Crippen molar-refractivity contribution in [2.24, 2.45) is 0 Å². The van der Waals surface area contributed by atoms with Gasteiger partial charge in [-0.25, -0.2) is 0 Å². The number of alkyl halides is 2. The Morgan fingerprint density at radius 1 is 1.00 bits per heavy atom. The second-order valence-corrected chi connectivity index (χ2v) is 4.94. The van der Waals surface area contributed by atoms with Gasteiger partial charge in [-0.3, -0.25) is 0 Å². The summed E-state index contributed by atoms with van der Waals surface area (Å²) in [6.07, 6.45) is 2.00. The molecule has 0 aromatic carbocycles. The fourth-order valence-electron chi connectivity index (χ4n) is 1.72. The van der Waals surface area contributed by atoms with Crippen LogP contribution in [0, 0.1) is 0 Å². The second-order valence-electron chi connectivity index (χ2n) is 3.49. The lowest BCUT2D eigenvalue weighted by Crippen LogP contribution is -2.63. The highest BCUT2D eigenvalue weighted by Crippen LogP contribution is 2.51. The summed E-state index contributed by atoms with van der Waals surface area (Å²) in [6.45, 7) is 1.56. The van der Waals surface area contributed by atoms with Gasteiger partial charge >= 0.3 is 0 Å². The summed E-state index contributed by atoms with van der Waals surface area (Å²) in [6, 6.07) is 0. The van der Waals surface area contributed by atoms with Crippen LogP contribution in [0.1, 0.15) is 12.8 Å². The van der Waals surface area contributed by atoms with Crippen LogP contribution in [-0.2, 0) is 0 Å². The van der Waals surface area contributed by atoms with Gasteiger partial charge in [0.25, 0.3) is 0 Å². The van der Waals surface area contributed by atoms with Gasteiger partial charge in [0.1, 0.15) is 0 Å². The predicted molar refractivity (Wildman–Crippen MR) is 54.3 cm³/mol. The highest BCUT2D eigenvalue weighted by molar-refractivity contribution is 6.36. The van der Waals surface area contributed by atoms with Crippen LogP contribution in [-0.4, -0.2) is 36.9 Å². The van der Waals surface area contributed by atoms with Crippen LogP contribution in [0.25, 0.3) is 0 Å². The van der Waals surface area contributed by atoms with Gasteiger partial charge in [-0.05, 0) is 26.9 Å². The average molecular weight is 211 g/mol. The predicted octanol–water partition coefficient (Wildman–Crippen LogP) is 1.17. The SMILES string of the molecule is CNCC1(Cl)CCC1(Cl)CNC. The number of halogens is 2. The third-order valence-corrected chi connectivity index (χ3v) is 4.10. The smallest absolute Gasteiger partial charge is 0.0774 e. The van der Waals surface area contributed by atoms with Gasteiger partial charge in [-0.1, -0.05) is 0 Å². The molecule has 1 rings (SSSR count). The van der Waals surface area contributed by atoms with E-state index in [2.05, 4.69) is 10.6 Å². The third-order valence-electron chi connectivity index (χ3n) is 2.63. The number of hydrogen-bond acceptors (Lipinski definition) is 2. The minimum atomic E-state index is -0.258. The van der Waals surface area contributed by atoms with Gasteiger partial charge in [-0.2, -0.15) is 0 Å². The Labute approximate surface area is 84.0 Å². The van der Waals surface area contributed by atoms with E-state index in [4.69, 9.17) is 23.2 Å². The lowest BCUT2D eigenvalue weighted by atomic mass is 9.71.